The van der Waals surface area contributed by atoms with E-state index in [9.17, 15) is 4.79 Å². The van der Waals surface area contributed by atoms with Crippen LogP contribution in [0.2, 0.25) is 0 Å². The van der Waals surface area contributed by atoms with E-state index in [0.29, 0.717) is 12.2 Å². The number of aromatic nitrogens is 2. The molecule has 0 fully saturated rings. The molecule has 0 unspecified atom stereocenters. The summed E-state index contributed by atoms with van der Waals surface area (Å²) in [5.41, 5.74) is 0. The zero-order valence-electron chi connectivity index (χ0n) is 13.2. The van der Waals surface area contributed by atoms with Crippen molar-refractivity contribution in [3.63, 3.8) is 0 Å². The maximum atomic E-state index is 11.9. The summed E-state index contributed by atoms with van der Waals surface area (Å²) in [5.74, 6) is 0.776. The monoisotopic (exact) mass is 278 g/mol. The van der Waals surface area contributed by atoms with Gasteiger partial charge < -0.3 is 4.57 Å². The number of nitrogens with zero attached hydrogens (tertiary/aromatic N) is 2. The second kappa shape index (κ2) is 10.6. The van der Waals surface area contributed by atoms with Gasteiger partial charge in [-0.1, -0.05) is 64.7 Å². The van der Waals surface area contributed by atoms with E-state index < -0.39 is 0 Å². The van der Waals surface area contributed by atoms with Gasteiger partial charge in [0.05, 0.1) is 0 Å². The Morgan fingerprint density at radius 2 is 1.55 bits per heavy atom. The SMILES string of the molecule is CCCCCCCCCCCCC(=O)c1nccn1C. The number of unbranched alkanes of at least 4 members (excludes halogenated alkanes) is 9. The lowest BCUT2D eigenvalue weighted by Crippen LogP contribution is -2.06. The smallest absolute Gasteiger partial charge is 0.198 e. The molecular weight excluding hydrogens is 248 g/mol. The Balaban J connectivity index is 1.92. The summed E-state index contributed by atoms with van der Waals surface area (Å²) in [5, 5.41) is 0. The number of carbonyl (C=O) groups excluding carboxylic acids is 1. The molecule has 0 spiro atoms. The van der Waals surface area contributed by atoms with Crippen LogP contribution >= 0.6 is 0 Å². The average molecular weight is 278 g/mol. The van der Waals surface area contributed by atoms with Crippen LogP contribution in [0.15, 0.2) is 12.4 Å². The van der Waals surface area contributed by atoms with Crippen LogP contribution in [-0.2, 0) is 7.05 Å². The molecule has 0 radical (unpaired) electrons. The molecule has 0 aromatic carbocycles. The van der Waals surface area contributed by atoms with E-state index in [2.05, 4.69) is 11.9 Å². The average Bonchev–Trinajstić information content (AvgIpc) is 2.87. The van der Waals surface area contributed by atoms with Crippen LogP contribution in [0.1, 0.15) is 88.2 Å². The molecule has 3 heteroatoms. The molecule has 3 nitrogen and oxygen atoms in total. The standard InChI is InChI=1S/C17H30N2O/c1-3-4-5-6-7-8-9-10-11-12-13-16(20)17-18-14-15-19(17)2/h14-15H,3-13H2,1-2H3. The largest absolute Gasteiger partial charge is 0.332 e. The van der Waals surface area contributed by atoms with Gasteiger partial charge in [0.15, 0.2) is 11.6 Å². The van der Waals surface area contributed by atoms with E-state index in [4.69, 9.17) is 0 Å². The highest BCUT2D eigenvalue weighted by Gasteiger charge is 2.09. The van der Waals surface area contributed by atoms with Gasteiger partial charge in [-0.25, -0.2) is 4.98 Å². The molecule has 1 aromatic rings. The Morgan fingerprint density at radius 3 is 2.05 bits per heavy atom. The lowest BCUT2D eigenvalue weighted by molar-refractivity contribution is 0.0966. The summed E-state index contributed by atoms with van der Waals surface area (Å²) < 4.78 is 1.80. The number of aryl methyl sites for hydroxylation is 1. The van der Waals surface area contributed by atoms with Crippen molar-refractivity contribution < 1.29 is 4.79 Å². The van der Waals surface area contributed by atoms with Crippen molar-refractivity contribution in [2.24, 2.45) is 7.05 Å². The molecule has 0 aliphatic heterocycles. The molecule has 0 aliphatic rings. The molecule has 0 amide bonds. The number of carbonyl (C=O) groups is 1. The highest BCUT2D eigenvalue weighted by Crippen LogP contribution is 2.12. The van der Waals surface area contributed by atoms with E-state index in [1.54, 1.807) is 10.8 Å². The maximum Gasteiger partial charge on any atom is 0.198 e. The first-order chi connectivity index (χ1) is 9.75. The molecular formula is C17H30N2O. The summed E-state index contributed by atoms with van der Waals surface area (Å²) in [6, 6.07) is 0. The first kappa shape index (κ1) is 16.9. The Bertz CT molecular complexity index is 371. The Morgan fingerprint density at radius 1 is 1.00 bits per heavy atom. The van der Waals surface area contributed by atoms with Gasteiger partial charge in [0.2, 0.25) is 0 Å². The molecule has 20 heavy (non-hydrogen) atoms. The normalized spacial score (nSPS) is 10.9. The van der Waals surface area contributed by atoms with Gasteiger partial charge in [-0.2, -0.15) is 0 Å². The number of hydrogen-bond donors (Lipinski definition) is 0. The van der Waals surface area contributed by atoms with E-state index in [1.807, 2.05) is 13.2 Å². The Labute approximate surface area is 123 Å². The van der Waals surface area contributed by atoms with Crippen molar-refractivity contribution in [3.05, 3.63) is 18.2 Å². The first-order valence-corrected chi connectivity index (χ1v) is 8.26. The predicted octanol–water partition coefficient (Wildman–Crippen LogP) is 4.91. The summed E-state index contributed by atoms with van der Waals surface area (Å²) >= 11 is 0. The third-order valence-electron chi connectivity index (χ3n) is 3.83. The third-order valence-corrected chi connectivity index (χ3v) is 3.83. The fraction of sp³-hybridized carbons (Fsp3) is 0.765. The van der Waals surface area contributed by atoms with Gasteiger partial charge in [-0.3, -0.25) is 4.79 Å². The molecule has 0 saturated carbocycles. The summed E-state index contributed by atoms with van der Waals surface area (Å²) in [4.78, 5) is 16.0. The van der Waals surface area contributed by atoms with Crippen LogP contribution in [-0.4, -0.2) is 15.3 Å². The van der Waals surface area contributed by atoms with Crippen LogP contribution in [0, 0.1) is 0 Å². The lowest BCUT2D eigenvalue weighted by atomic mass is 10.0. The summed E-state index contributed by atoms with van der Waals surface area (Å²) in [7, 11) is 1.87. The zero-order chi connectivity index (χ0) is 14.6. The Kier molecular flexibility index (Phi) is 9.01. The fourth-order valence-corrected chi connectivity index (χ4v) is 2.52. The minimum atomic E-state index is 0.178. The van der Waals surface area contributed by atoms with Crippen LogP contribution in [0.25, 0.3) is 0 Å². The van der Waals surface area contributed by atoms with Gasteiger partial charge in [0, 0.05) is 25.9 Å². The minimum Gasteiger partial charge on any atom is -0.332 e. The molecule has 1 rings (SSSR count). The molecule has 0 aliphatic carbocycles. The van der Waals surface area contributed by atoms with Gasteiger partial charge >= 0.3 is 0 Å². The van der Waals surface area contributed by atoms with E-state index >= 15 is 0 Å². The molecule has 0 bridgehead atoms. The molecule has 0 saturated heterocycles. The third kappa shape index (κ3) is 6.88. The topological polar surface area (TPSA) is 34.9 Å². The zero-order valence-corrected chi connectivity index (χ0v) is 13.2. The van der Waals surface area contributed by atoms with Crippen LogP contribution < -0.4 is 0 Å². The van der Waals surface area contributed by atoms with Gasteiger partial charge in [0.1, 0.15) is 0 Å². The number of imidazole rings is 1. The fourth-order valence-electron chi connectivity index (χ4n) is 2.52. The maximum absolute atomic E-state index is 11.9. The van der Waals surface area contributed by atoms with Crippen molar-refractivity contribution in [2.75, 3.05) is 0 Å². The highest BCUT2D eigenvalue weighted by atomic mass is 16.1. The first-order valence-electron chi connectivity index (χ1n) is 8.26. The Hall–Kier alpha value is -1.12. The molecule has 0 N–H and O–H groups in total. The van der Waals surface area contributed by atoms with Crippen molar-refractivity contribution in [2.45, 2.75) is 77.6 Å². The molecule has 114 valence electrons. The molecule has 1 aromatic heterocycles. The number of ketones is 1. The highest BCUT2D eigenvalue weighted by molar-refractivity contribution is 5.92. The van der Waals surface area contributed by atoms with Gasteiger partial charge in [-0.05, 0) is 6.42 Å². The second-order valence-corrected chi connectivity index (χ2v) is 5.72. The number of Topliss-reactive ketones (excluding diaryl/α,β-unsaturated/α-hetero) is 1. The van der Waals surface area contributed by atoms with Crippen LogP contribution in [0.5, 0.6) is 0 Å². The predicted molar refractivity (Wildman–Crippen MR) is 84.0 cm³/mol. The van der Waals surface area contributed by atoms with E-state index in [1.165, 1.54) is 57.8 Å². The second-order valence-electron chi connectivity index (χ2n) is 5.72. The van der Waals surface area contributed by atoms with Crippen LogP contribution in [0.3, 0.4) is 0 Å². The van der Waals surface area contributed by atoms with Crippen molar-refractivity contribution in [3.8, 4) is 0 Å². The van der Waals surface area contributed by atoms with E-state index in [-0.39, 0.29) is 5.78 Å². The van der Waals surface area contributed by atoms with Crippen LogP contribution in [0.4, 0.5) is 0 Å². The lowest BCUT2D eigenvalue weighted by Gasteiger charge is -2.03. The van der Waals surface area contributed by atoms with Gasteiger partial charge in [-0.15, -0.1) is 0 Å². The number of rotatable bonds is 12. The molecule has 0 atom stereocenters. The van der Waals surface area contributed by atoms with Crippen molar-refractivity contribution >= 4 is 5.78 Å². The van der Waals surface area contributed by atoms with Crippen molar-refractivity contribution in [1.82, 2.24) is 9.55 Å². The number of hydrogen-bond acceptors (Lipinski definition) is 2. The quantitative estimate of drug-likeness (QED) is 0.402. The van der Waals surface area contributed by atoms with Gasteiger partial charge in [0.25, 0.3) is 0 Å². The summed E-state index contributed by atoms with van der Waals surface area (Å²) in [6.45, 7) is 2.26. The van der Waals surface area contributed by atoms with E-state index in [0.717, 1.165) is 6.42 Å². The van der Waals surface area contributed by atoms with Crippen molar-refractivity contribution in [1.29, 1.82) is 0 Å². The minimum absolute atomic E-state index is 0.178. The molecule has 1 heterocycles. The summed E-state index contributed by atoms with van der Waals surface area (Å²) in [6.07, 6.45) is 17.2.